The van der Waals surface area contributed by atoms with Gasteiger partial charge in [0.15, 0.2) is 0 Å². The molecule has 1 saturated heterocycles. The number of hydrogen-bond donors (Lipinski definition) is 0. The minimum Gasteiger partial charge on any atom is -0.497 e. The van der Waals surface area contributed by atoms with Crippen molar-refractivity contribution in [1.82, 2.24) is 0 Å². The van der Waals surface area contributed by atoms with Crippen molar-refractivity contribution >= 4 is 18.7 Å². The third kappa shape index (κ3) is 5.24. The van der Waals surface area contributed by atoms with E-state index in [0.29, 0.717) is 11.6 Å². The molecular weight excluding hydrogens is 334 g/mol. The first-order valence-corrected chi connectivity index (χ1v) is 8.84. The summed E-state index contributed by atoms with van der Waals surface area (Å²) in [6, 6.07) is 10.0. The van der Waals surface area contributed by atoms with Crippen LogP contribution >= 0.6 is 11.6 Å². The molecule has 3 nitrogen and oxygen atoms in total. The zero-order chi connectivity index (χ0) is 18.5. The summed E-state index contributed by atoms with van der Waals surface area (Å²) in [7, 11) is -0.502. The fourth-order valence-electron chi connectivity index (χ4n) is 2.23. The quantitative estimate of drug-likeness (QED) is 0.385. The molecule has 25 heavy (non-hydrogen) atoms. The Bertz CT molecular complexity index is 647. The molecule has 1 heterocycles. The molecule has 0 N–H and O–H groups in total. The number of hydrogen-bond acceptors (Lipinski definition) is 3. The second kappa shape index (κ2) is 8.26. The lowest BCUT2D eigenvalue weighted by molar-refractivity contribution is 0.00578. The Labute approximate surface area is 156 Å². The summed E-state index contributed by atoms with van der Waals surface area (Å²) in [5.74, 6) is 0. The topological polar surface area (TPSA) is 27.7 Å². The van der Waals surface area contributed by atoms with Crippen LogP contribution in [0.1, 0.15) is 40.2 Å². The molecule has 1 aromatic rings. The number of halogens is 1. The monoisotopic (exact) mass is 360 g/mol. The molecule has 0 unspecified atom stereocenters. The molecule has 0 bridgehead atoms. The van der Waals surface area contributed by atoms with E-state index >= 15 is 0 Å². The minimum absolute atomic E-state index is 0.408. The third-order valence-corrected chi connectivity index (χ3v) is 4.89. The Hall–Kier alpha value is -1.49. The van der Waals surface area contributed by atoms with Gasteiger partial charge in [-0.15, -0.1) is 0 Å². The zero-order valence-electron chi connectivity index (χ0n) is 15.6. The second-order valence-electron chi connectivity index (χ2n) is 7.01. The van der Waals surface area contributed by atoms with E-state index in [-0.39, 0.29) is 0 Å². The molecule has 134 valence electrons. The maximum Gasteiger partial charge on any atom is 0.498 e. The van der Waals surface area contributed by atoms with Gasteiger partial charge in [-0.05, 0) is 46.3 Å². The minimum atomic E-state index is -0.502. The largest absolute Gasteiger partial charge is 0.498 e. The molecule has 0 spiro atoms. The van der Waals surface area contributed by atoms with Gasteiger partial charge in [0.25, 0.3) is 0 Å². The van der Waals surface area contributed by atoms with Crippen LogP contribution in [-0.4, -0.2) is 18.3 Å². The second-order valence-corrected chi connectivity index (χ2v) is 7.45. The normalized spacial score (nSPS) is 20.3. The van der Waals surface area contributed by atoms with Crippen molar-refractivity contribution in [2.75, 3.05) is 0 Å². The van der Waals surface area contributed by atoms with Crippen molar-refractivity contribution in [3.63, 3.8) is 0 Å². The Kier molecular flexibility index (Phi) is 6.56. The molecule has 0 aliphatic carbocycles. The van der Waals surface area contributed by atoms with Gasteiger partial charge in [-0.25, -0.2) is 0 Å². The summed E-state index contributed by atoms with van der Waals surface area (Å²) in [6.45, 7) is 10.5. The van der Waals surface area contributed by atoms with Crippen molar-refractivity contribution in [3.8, 4) is 0 Å². The molecule has 0 radical (unpaired) electrons. The summed E-state index contributed by atoms with van der Waals surface area (Å²) in [5.41, 5.74) is 1.07. The smallest absolute Gasteiger partial charge is 0.497 e. The van der Waals surface area contributed by atoms with Crippen molar-refractivity contribution in [2.24, 2.45) is 0 Å². The van der Waals surface area contributed by atoms with Gasteiger partial charge in [-0.1, -0.05) is 54.1 Å². The molecule has 0 amide bonds. The van der Waals surface area contributed by atoms with Crippen LogP contribution in [0, 0.1) is 0 Å². The van der Waals surface area contributed by atoms with Crippen LogP contribution in [-0.2, 0) is 20.7 Å². The highest BCUT2D eigenvalue weighted by Gasteiger charge is 2.52. The lowest BCUT2D eigenvalue weighted by Gasteiger charge is -2.32. The maximum atomic E-state index is 6.11. The molecule has 1 aromatic carbocycles. The average Bonchev–Trinajstić information content (AvgIpc) is 2.79. The van der Waals surface area contributed by atoms with Gasteiger partial charge in [0.05, 0.1) is 17.5 Å². The van der Waals surface area contributed by atoms with Crippen LogP contribution in [0.2, 0.25) is 0 Å². The van der Waals surface area contributed by atoms with Gasteiger partial charge in [-0.2, -0.15) is 0 Å². The standard InChI is InChI=1S/C20H26BClO3/c1-6-18(22)13-12-17(15-23-14-16-10-8-7-9-11-16)21-24-19(2,3)20(4,5)25-21/h6-13,15H,14H2,1-5H3/b13-12-,17-15-,18-6+. The Morgan fingerprint density at radius 1 is 1.08 bits per heavy atom. The number of ether oxygens (including phenoxy) is 1. The predicted octanol–water partition coefficient (Wildman–Crippen LogP) is 5.42. The molecule has 1 aliphatic heterocycles. The molecule has 1 fully saturated rings. The van der Waals surface area contributed by atoms with Gasteiger partial charge in [0.1, 0.15) is 6.61 Å². The van der Waals surface area contributed by atoms with Gasteiger partial charge in [0.2, 0.25) is 0 Å². The van der Waals surface area contributed by atoms with Crippen LogP contribution in [0.4, 0.5) is 0 Å². The summed E-state index contributed by atoms with van der Waals surface area (Å²) in [4.78, 5) is 0. The lowest BCUT2D eigenvalue weighted by atomic mass is 9.78. The van der Waals surface area contributed by atoms with E-state index in [2.05, 4.69) is 0 Å². The van der Waals surface area contributed by atoms with E-state index in [1.807, 2.05) is 83.2 Å². The van der Waals surface area contributed by atoms with E-state index in [0.717, 1.165) is 11.0 Å². The van der Waals surface area contributed by atoms with E-state index in [9.17, 15) is 0 Å². The zero-order valence-corrected chi connectivity index (χ0v) is 16.3. The van der Waals surface area contributed by atoms with E-state index in [1.165, 1.54) is 0 Å². The maximum absolute atomic E-state index is 6.11. The fourth-order valence-corrected chi connectivity index (χ4v) is 2.30. The first-order valence-electron chi connectivity index (χ1n) is 8.46. The molecule has 2 rings (SSSR count). The highest BCUT2D eigenvalue weighted by molar-refractivity contribution is 6.55. The first-order chi connectivity index (χ1) is 11.7. The van der Waals surface area contributed by atoms with E-state index in [4.69, 9.17) is 25.6 Å². The van der Waals surface area contributed by atoms with E-state index in [1.54, 1.807) is 6.26 Å². The average molecular weight is 361 g/mol. The van der Waals surface area contributed by atoms with Crippen LogP contribution in [0.3, 0.4) is 0 Å². The fraction of sp³-hybridized carbons (Fsp3) is 0.400. The van der Waals surface area contributed by atoms with Gasteiger partial charge in [-0.3, -0.25) is 0 Å². The molecule has 1 aliphatic rings. The number of allylic oxidation sites excluding steroid dienone is 5. The number of benzene rings is 1. The van der Waals surface area contributed by atoms with Crippen molar-refractivity contribution < 1.29 is 14.0 Å². The lowest BCUT2D eigenvalue weighted by Crippen LogP contribution is -2.41. The van der Waals surface area contributed by atoms with Crippen molar-refractivity contribution in [3.05, 3.63) is 70.9 Å². The highest BCUT2D eigenvalue weighted by atomic mass is 35.5. The Balaban J connectivity index is 2.16. The van der Waals surface area contributed by atoms with Crippen molar-refractivity contribution in [1.29, 1.82) is 0 Å². The van der Waals surface area contributed by atoms with Crippen molar-refractivity contribution in [2.45, 2.75) is 52.4 Å². The van der Waals surface area contributed by atoms with Crippen LogP contribution < -0.4 is 0 Å². The Morgan fingerprint density at radius 2 is 1.68 bits per heavy atom. The summed E-state index contributed by atoms with van der Waals surface area (Å²) in [5, 5.41) is 0.644. The van der Waals surface area contributed by atoms with Gasteiger partial charge >= 0.3 is 7.12 Å². The van der Waals surface area contributed by atoms with Gasteiger partial charge in [0, 0.05) is 10.5 Å². The molecule has 0 atom stereocenters. The van der Waals surface area contributed by atoms with Crippen LogP contribution in [0.5, 0.6) is 0 Å². The molecular formula is C20H26BClO3. The molecule has 0 saturated carbocycles. The third-order valence-electron chi connectivity index (χ3n) is 4.55. The Morgan fingerprint density at radius 3 is 2.24 bits per heavy atom. The molecule has 0 aromatic heterocycles. The summed E-state index contributed by atoms with van der Waals surface area (Å²) in [6.07, 6.45) is 7.19. The summed E-state index contributed by atoms with van der Waals surface area (Å²) >= 11 is 6.08. The first kappa shape index (κ1) is 19.8. The summed E-state index contributed by atoms with van der Waals surface area (Å²) < 4.78 is 18.0. The predicted molar refractivity (Wildman–Crippen MR) is 104 cm³/mol. The van der Waals surface area contributed by atoms with Gasteiger partial charge < -0.3 is 14.0 Å². The highest BCUT2D eigenvalue weighted by Crippen LogP contribution is 2.38. The van der Waals surface area contributed by atoms with Crippen LogP contribution in [0.15, 0.2) is 65.3 Å². The van der Waals surface area contributed by atoms with E-state index < -0.39 is 18.3 Å². The van der Waals surface area contributed by atoms with Crippen LogP contribution in [0.25, 0.3) is 0 Å². The molecule has 5 heteroatoms. The number of rotatable bonds is 6. The SMILES string of the molecule is C\C=C(Cl)/C=C\C(=C\OCc1ccccc1)B1OC(C)(C)C(C)(C)O1.